The van der Waals surface area contributed by atoms with Crippen LogP contribution in [0.3, 0.4) is 0 Å². The first-order chi connectivity index (χ1) is 16.0. The normalized spacial score (nSPS) is 10.4. The lowest BCUT2D eigenvalue weighted by molar-refractivity contribution is 0.0848. The van der Waals surface area contributed by atoms with Crippen LogP contribution in [0.2, 0.25) is 0 Å². The Morgan fingerprint density at radius 2 is 1.45 bits per heavy atom. The maximum atomic E-state index is 12.8. The van der Waals surface area contributed by atoms with Crippen LogP contribution in [0.25, 0.3) is 10.6 Å². The lowest BCUT2D eigenvalue weighted by atomic mass is 10.1. The summed E-state index contributed by atoms with van der Waals surface area (Å²) in [5.41, 5.74) is 6.69. The number of amides is 2. The number of nitrogens with zero attached hydrogens (tertiary/aromatic N) is 1. The number of nitrogens with one attached hydrogen (secondary N) is 2. The van der Waals surface area contributed by atoms with Crippen molar-refractivity contribution in [2.45, 2.75) is 27.7 Å². The maximum Gasteiger partial charge on any atom is 0.281 e. The van der Waals surface area contributed by atoms with E-state index < -0.39 is 11.8 Å². The van der Waals surface area contributed by atoms with E-state index in [-0.39, 0.29) is 5.56 Å². The number of rotatable bonds is 9. The molecule has 0 aliphatic carbocycles. The average molecular weight is 470 g/mol. The molecule has 0 radical (unpaired) electrons. The van der Waals surface area contributed by atoms with E-state index in [0.717, 1.165) is 10.6 Å². The van der Waals surface area contributed by atoms with E-state index in [0.29, 0.717) is 47.6 Å². The Kier molecular flexibility index (Phi) is 8.26. The van der Waals surface area contributed by atoms with Crippen molar-refractivity contribution in [2.75, 3.05) is 19.8 Å². The van der Waals surface area contributed by atoms with Gasteiger partial charge in [-0.2, -0.15) is 0 Å². The van der Waals surface area contributed by atoms with Crippen molar-refractivity contribution >= 4 is 23.2 Å². The molecule has 3 rings (SSSR count). The van der Waals surface area contributed by atoms with Crippen molar-refractivity contribution in [1.29, 1.82) is 0 Å². The second-order valence-corrected chi connectivity index (χ2v) is 7.81. The summed E-state index contributed by atoms with van der Waals surface area (Å²) in [6, 6.07) is 12.7. The topological polar surface area (TPSA) is 98.8 Å². The Morgan fingerprint density at radius 3 is 2.03 bits per heavy atom. The molecule has 8 nitrogen and oxygen atoms in total. The number of ether oxygens (including phenoxy) is 3. The molecule has 3 aromatic rings. The fraction of sp³-hybridized carbons (Fsp3) is 0.292. The van der Waals surface area contributed by atoms with Gasteiger partial charge in [-0.3, -0.25) is 20.4 Å². The average Bonchev–Trinajstić information content (AvgIpc) is 3.21. The molecule has 0 atom stereocenters. The van der Waals surface area contributed by atoms with Gasteiger partial charge in [-0.15, -0.1) is 11.3 Å². The number of hydrazine groups is 1. The second-order valence-electron chi connectivity index (χ2n) is 6.81. The number of aromatic nitrogens is 1. The number of hydrogen-bond acceptors (Lipinski definition) is 7. The fourth-order valence-corrected chi connectivity index (χ4v) is 4.04. The van der Waals surface area contributed by atoms with Gasteiger partial charge in [0.25, 0.3) is 11.8 Å². The van der Waals surface area contributed by atoms with Gasteiger partial charge in [0.2, 0.25) is 5.75 Å². The van der Waals surface area contributed by atoms with Crippen molar-refractivity contribution in [2.24, 2.45) is 0 Å². The molecule has 174 valence electrons. The number of carbonyl (C=O) groups is 2. The van der Waals surface area contributed by atoms with Gasteiger partial charge in [-0.25, -0.2) is 4.98 Å². The molecule has 0 bridgehead atoms. The van der Waals surface area contributed by atoms with Crippen molar-refractivity contribution in [3.63, 3.8) is 0 Å². The Labute approximate surface area is 196 Å². The van der Waals surface area contributed by atoms with Gasteiger partial charge in [0.05, 0.1) is 25.5 Å². The zero-order chi connectivity index (χ0) is 23.8. The quantitative estimate of drug-likeness (QED) is 0.451. The molecule has 0 aliphatic rings. The predicted molar refractivity (Wildman–Crippen MR) is 127 cm³/mol. The smallest absolute Gasteiger partial charge is 0.281 e. The molecule has 9 heteroatoms. The highest BCUT2D eigenvalue weighted by molar-refractivity contribution is 7.17. The summed E-state index contributed by atoms with van der Waals surface area (Å²) < 4.78 is 16.9. The Bertz CT molecular complexity index is 1090. The number of carbonyl (C=O) groups excluding carboxylic acids is 2. The monoisotopic (exact) mass is 469 g/mol. The van der Waals surface area contributed by atoms with Gasteiger partial charge in [0.1, 0.15) is 9.88 Å². The summed E-state index contributed by atoms with van der Waals surface area (Å²) in [5.74, 6) is 0.274. The Morgan fingerprint density at radius 1 is 0.879 bits per heavy atom. The van der Waals surface area contributed by atoms with E-state index in [2.05, 4.69) is 15.8 Å². The van der Waals surface area contributed by atoms with Crippen LogP contribution in [0, 0.1) is 6.92 Å². The zero-order valence-electron chi connectivity index (χ0n) is 19.1. The molecule has 0 aliphatic heterocycles. The van der Waals surface area contributed by atoms with Gasteiger partial charge >= 0.3 is 0 Å². The number of thiazole rings is 1. The second kappa shape index (κ2) is 11.3. The van der Waals surface area contributed by atoms with Crippen LogP contribution in [0.4, 0.5) is 0 Å². The molecule has 0 saturated heterocycles. The van der Waals surface area contributed by atoms with Crippen LogP contribution in [-0.4, -0.2) is 36.6 Å². The van der Waals surface area contributed by atoms with Crippen molar-refractivity contribution in [1.82, 2.24) is 15.8 Å². The fourth-order valence-electron chi connectivity index (χ4n) is 3.07. The molecular weight excluding hydrogens is 442 g/mol. The molecular formula is C24H27N3O5S. The summed E-state index contributed by atoms with van der Waals surface area (Å²) in [6.45, 7) is 8.49. The third-order valence-corrected chi connectivity index (χ3v) is 5.69. The summed E-state index contributed by atoms with van der Waals surface area (Å²) >= 11 is 1.26. The minimum atomic E-state index is -0.515. The highest BCUT2D eigenvalue weighted by Gasteiger charge is 2.20. The molecule has 0 fully saturated rings. The van der Waals surface area contributed by atoms with Crippen LogP contribution in [0.5, 0.6) is 17.2 Å². The van der Waals surface area contributed by atoms with Crippen LogP contribution < -0.4 is 25.1 Å². The molecule has 2 amide bonds. The van der Waals surface area contributed by atoms with E-state index in [9.17, 15) is 9.59 Å². The third kappa shape index (κ3) is 5.81. The number of benzene rings is 2. The van der Waals surface area contributed by atoms with Gasteiger partial charge in [-0.05, 0) is 39.8 Å². The van der Waals surface area contributed by atoms with Crippen LogP contribution in [0.1, 0.15) is 46.5 Å². The first-order valence-electron chi connectivity index (χ1n) is 10.7. The standard InChI is InChI=1S/C24H27N3O5S/c1-5-30-18-13-17(14-19(31-6-2)20(18)32-7-3)22(28)26-27-23(29)21-15(4)25-24(33-21)16-11-9-8-10-12-16/h8-14H,5-7H2,1-4H3,(H,26,28)(H,27,29). The van der Waals surface area contributed by atoms with E-state index in [1.807, 2.05) is 51.1 Å². The van der Waals surface area contributed by atoms with Crippen molar-refractivity contribution in [3.8, 4) is 27.8 Å². The van der Waals surface area contributed by atoms with Crippen LogP contribution in [0.15, 0.2) is 42.5 Å². The minimum Gasteiger partial charge on any atom is -0.490 e. The number of aryl methyl sites for hydroxylation is 1. The molecule has 2 aromatic carbocycles. The van der Waals surface area contributed by atoms with Crippen molar-refractivity contribution < 1.29 is 23.8 Å². The third-order valence-electron chi connectivity index (χ3n) is 4.48. The molecule has 0 unspecified atom stereocenters. The highest BCUT2D eigenvalue weighted by atomic mass is 32.1. The van der Waals surface area contributed by atoms with Gasteiger partial charge < -0.3 is 14.2 Å². The van der Waals surface area contributed by atoms with E-state index in [1.165, 1.54) is 11.3 Å². The SMILES string of the molecule is CCOc1cc(C(=O)NNC(=O)c2sc(-c3ccccc3)nc2C)cc(OCC)c1OCC. The highest BCUT2D eigenvalue weighted by Crippen LogP contribution is 2.39. The summed E-state index contributed by atoms with van der Waals surface area (Å²) in [5, 5.41) is 0.735. The molecule has 0 spiro atoms. The predicted octanol–water partition coefficient (Wildman–Crippen LogP) is 4.39. The molecule has 1 aromatic heterocycles. The molecule has 33 heavy (non-hydrogen) atoms. The lowest BCUT2D eigenvalue weighted by Crippen LogP contribution is -2.41. The van der Waals surface area contributed by atoms with Gasteiger partial charge in [0.15, 0.2) is 11.5 Å². The summed E-state index contributed by atoms with van der Waals surface area (Å²) in [7, 11) is 0. The maximum absolute atomic E-state index is 12.8. The Hall–Kier alpha value is -3.59. The van der Waals surface area contributed by atoms with E-state index in [4.69, 9.17) is 14.2 Å². The largest absolute Gasteiger partial charge is 0.490 e. The van der Waals surface area contributed by atoms with E-state index in [1.54, 1.807) is 19.1 Å². The summed E-state index contributed by atoms with van der Waals surface area (Å²) in [4.78, 5) is 30.4. The van der Waals surface area contributed by atoms with Gasteiger partial charge in [-0.1, -0.05) is 30.3 Å². The van der Waals surface area contributed by atoms with Crippen molar-refractivity contribution in [3.05, 3.63) is 58.6 Å². The first kappa shape index (κ1) is 24.1. The molecule has 0 saturated carbocycles. The molecule has 2 N–H and O–H groups in total. The number of hydrogen-bond donors (Lipinski definition) is 2. The Balaban J connectivity index is 1.76. The summed E-state index contributed by atoms with van der Waals surface area (Å²) in [6.07, 6.45) is 0. The van der Waals surface area contributed by atoms with Crippen LogP contribution in [-0.2, 0) is 0 Å². The minimum absolute atomic E-state index is 0.261. The lowest BCUT2D eigenvalue weighted by Gasteiger charge is -2.17. The first-order valence-corrected chi connectivity index (χ1v) is 11.5. The van der Waals surface area contributed by atoms with Gasteiger partial charge in [0, 0.05) is 11.1 Å². The van der Waals surface area contributed by atoms with Crippen LogP contribution >= 0.6 is 11.3 Å². The molecule has 1 heterocycles. The zero-order valence-corrected chi connectivity index (χ0v) is 19.9. The van der Waals surface area contributed by atoms with E-state index >= 15 is 0 Å².